The molecule has 1 aromatic carbocycles. The highest BCUT2D eigenvalue weighted by molar-refractivity contribution is 7.16. The maximum atomic E-state index is 12.8. The minimum Gasteiger partial charge on any atom is -0.445 e. The second kappa shape index (κ2) is 9.77. The number of nitrogens with one attached hydrogen (secondary N) is 2. The van der Waals surface area contributed by atoms with E-state index in [9.17, 15) is 14.4 Å². The topological polar surface area (TPSA) is 140 Å². The van der Waals surface area contributed by atoms with E-state index in [1.807, 2.05) is 30.3 Å². The van der Waals surface area contributed by atoms with Crippen LogP contribution in [0.25, 0.3) is 0 Å². The van der Waals surface area contributed by atoms with Crippen LogP contribution in [0.15, 0.2) is 34.7 Å². The number of carbonyl (C=O) groups is 3. The number of aryl methyl sites for hydroxylation is 1. The number of thiazole rings is 1. The molecule has 1 aliphatic rings. The fourth-order valence-corrected chi connectivity index (χ4v) is 4.53. The van der Waals surface area contributed by atoms with Gasteiger partial charge in [-0.2, -0.15) is 0 Å². The first-order valence-electron chi connectivity index (χ1n) is 10.3. The van der Waals surface area contributed by atoms with E-state index < -0.39 is 17.9 Å². The zero-order valence-electron chi connectivity index (χ0n) is 18.0. The lowest BCUT2D eigenvalue weighted by atomic mass is 10.2. The Kier molecular flexibility index (Phi) is 6.63. The van der Waals surface area contributed by atoms with Gasteiger partial charge in [0.05, 0.1) is 6.04 Å². The zero-order chi connectivity index (χ0) is 23.4. The molecule has 11 nitrogen and oxygen atoms in total. The highest BCUT2D eigenvalue weighted by atomic mass is 32.1. The molecule has 33 heavy (non-hydrogen) atoms. The van der Waals surface area contributed by atoms with E-state index in [2.05, 4.69) is 25.8 Å². The average molecular weight is 471 g/mol. The summed E-state index contributed by atoms with van der Waals surface area (Å²) < 4.78 is 10.6. The minimum atomic E-state index is -0.651. The lowest BCUT2D eigenvalue weighted by Gasteiger charge is -2.22. The number of likely N-dealkylation sites (tertiary alicyclic amines) is 1. The molecule has 2 N–H and O–H groups in total. The first kappa shape index (κ1) is 22.4. The molecule has 12 heteroatoms. The van der Waals surface area contributed by atoms with E-state index in [1.165, 1.54) is 7.05 Å². The Morgan fingerprint density at radius 1 is 1.21 bits per heavy atom. The highest BCUT2D eigenvalue weighted by Gasteiger charge is 2.35. The minimum absolute atomic E-state index is 0.0478. The van der Waals surface area contributed by atoms with Gasteiger partial charge in [0, 0.05) is 20.5 Å². The van der Waals surface area contributed by atoms with Crippen LogP contribution >= 0.6 is 11.3 Å². The lowest BCUT2D eigenvalue weighted by molar-refractivity contribution is 0.0919. The zero-order valence-corrected chi connectivity index (χ0v) is 18.8. The Morgan fingerprint density at radius 2 is 2.00 bits per heavy atom. The lowest BCUT2D eigenvalue weighted by Crippen LogP contribution is -2.31. The van der Waals surface area contributed by atoms with Gasteiger partial charge in [-0.1, -0.05) is 41.7 Å². The monoisotopic (exact) mass is 470 g/mol. The third-order valence-electron chi connectivity index (χ3n) is 5.01. The Morgan fingerprint density at radius 3 is 2.70 bits per heavy atom. The van der Waals surface area contributed by atoms with Crippen molar-refractivity contribution in [1.29, 1.82) is 0 Å². The Hall–Kier alpha value is -3.80. The Labute approximate surface area is 193 Å². The molecule has 0 spiro atoms. The summed E-state index contributed by atoms with van der Waals surface area (Å²) in [5.41, 5.74) is 0.936. The van der Waals surface area contributed by atoms with Crippen LogP contribution < -0.4 is 10.6 Å². The second-order valence-corrected chi connectivity index (χ2v) is 8.31. The predicted molar refractivity (Wildman–Crippen MR) is 118 cm³/mol. The van der Waals surface area contributed by atoms with Crippen molar-refractivity contribution in [2.75, 3.05) is 18.9 Å². The normalized spacial score (nSPS) is 15.3. The average Bonchev–Trinajstić information content (AvgIpc) is 3.57. The number of hydrogen-bond donors (Lipinski definition) is 2. The maximum Gasteiger partial charge on any atom is 0.410 e. The van der Waals surface area contributed by atoms with E-state index in [4.69, 9.17) is 9.15 Å². The smallest absolute Gasteiger partial charge is 0.410 e. The van der Waals surface area contributed by atoms with E-state index in [0.717, 1.165) is 23.3 Å². The first-order chi connectivity index (χ1) is 16.0. The van der Waals surface area contributed by atoms with Gasteiger partial charge in [-0.15, -0.1) is 10.2 Å². The summed E-state index contributed by atoms with van der Waals surface area (Å²) in [5, 5.41) is 13.2. The van der Waals surface area contributed by atoms with Crippen LogP contribution in [-0.4, -0.2) is 51.6 Å². The largest absolute Gasteiger partial charge is 0.445 e. The number of aromatic nitrogens is 3. The molecular formula is C21H22N6O5S. The highest BCUT2D eigenvalue weighted by Crippen LogP contribution is 2.38. The van der Waals surface area contributed by atoms with Crippen molar-refractivity contribution < 1.29 is 23.5 Å². The van der Waals surface area contributed by atoms with Gasteiger partial charge in [-0.05, 0) is 18.4 Å². The number of nitrogens with zero attached hydrogens (tertiary/aromatic N) is 4. The molecule has 0 radical (unpaired) electrons. The predicted octanol–water partition coefficient (Wildman–Crippen LogP) is 2.92. The Balaban J connectivity index is 1.52. The first-order valence-corrected chi connectivity index (χ1v) is 11.1. The standard InChI is InChI=1S/C21H22N6O5S/c1-12-25-26-18(32-12)17(29)24-20-15(16(28)22-2)23-19(33-20)14-9-6-10-27(14)21(30)31-11-13-7-4-3-5-8-13/h3-5,7-8,14H,6,9-11H2,1-2H3,(H,22,28)(H,24,29). The van der Waals surface area contributed by atoms with Crippen molar-refractivity contribution in [2.24, 2.45) is 0 Å². The van der Waals surface area contributed by atoms with Crippen LogP contribution in [0.2, 0.25) is 0 Å². The number of benzene rings is 1. The van der Waals surface area contributed by atoms with Crippen molar-refractivity contribution >= 4 is 34.2 Å². The number of rotatable bonds is 6. The molecule has 3 aromatic rings. The summed E-state index contributed by atoms with van der Waals surface area (Å²) in [6.45, 7) is 2.24. The molecule has 0 aliphatic carbocycles. The van der Waals surface area contributed by atoms with Crippen molar-refractivity contribution in [2.45, 2.75) is 32.4 Å². The van der Waals surface area contributed by atoms with Crippen LogP contribution in [0.3, 0.4) is 0 Å². The van der Waals surface area contributed by atoms with E-state index in [1.54, 1.807) is 11.8 Å². The van der Waals surface area contributed by atoms with Crippen LogP contribution in [0.4, 0.5) is 9.80 Å². The fraction of sp³-hybridized carbons (Fsp3) is 0.333. The molecule has 2 aromatic heterocycles. The number of amides is 3. The van der Waals surface area contributed by atoms with Gasteiger partial charge in [-0.25, -0.2) is 9.78 Å². The summed E-state index contributed by atoms with van der Waals surface area (Å²) in [7, 11) is 1.47. The second-order valence-electron chi connectivity index (χ2n) is 7.28. The Bertz CT molecular complexity index is 1160. The third kappa shape index (κ3) is 5.00. The van der Waals surface area contributed by atoms with Crippen LogP contribution in [-0.2, 0) is 11.3 Å². The summed E-state index contributed by atoms with van der Waals surface area (Å²) in [4.78, 5) is 43.6. The van der Waals surface area contributed by atoms with Gasteiger partial charge in [0.2, 0.25) is 5.89 Å². The van der Waals surface area contributed by atoms with Gasteiger partial charge < -0.3 is 19.8 Å². The van der Waals surface area contributed by atoms with Gasteiger partial charge in [-0.3, -0.25) is 14.5 Å². The number of carbonyl (C=O) groups excluding carboxylic acids is 3. The molecule has 1 aliphatic heterocycles. The van der Waals surface area contributed by atoms with Crippen molar-refractivity contribution in [3.05, 3.63) is 58.4 Å². The maximum absolute atomic E-state index is 12.8. The molecule has 172 valence electrons. The van der Waals surface area contributed by atoms with E-state index in [-0.39, 0.29) is 35.1 Å². The van der Waals surface area contributed by atoms with Crippen molar-refractivity contribution in [3.63, 3.8) is 0 Å². The fourth-order valence-electron chi connectivity index (χ4n) is 3.43. The summed E-state index contributed by atoms with van der Waals surface area (Å²) >= 11 is 1.12. The van der Waals surface area contributed by atoms with Gasteiger partial charge in [0.25, 0.3) is 5.91 Å². The van der Waals surface area contributed by atoms with Gasteiger partial charge in [0.1, 0.15) is 16.6 Å². The van der Waals surface area contributed by atoms with Crippen molar-refractivity contribution in [3.8, 4) is 0 Å². The van der Waals surface area contributed by atoms with E-state index >= 15 is 0 Å². The molecule has 1 atom stereocenters. The SMILES string of the molecule is CNC(=O)c1nc(C2CCCN2C(=O)OCc2ccccc2)sc1NC(=O)c1nnc(C)o1. The molecule has 3 heterocycles. The molecule has 0 bridgehead atoms. The number of ether oxygens (including phenoxy) is 1. The molecular weight excluding hydrogens is 448 g/mol. The molecule has 4 rings (SSSR count). The molecule has 3 amide bonds. The third-order valence-corrected chi connectivity index (χ3v) is 6.08. The van der Waals surface area contributed by atoms with Crippen molar-refractivity contribution in [1.82, 2.24) is 25.4 Å². The van der Waals surface area contributed by atoms with Crippen LogP contribution in [0.5, 0.6) is 0 Å². The molecule has 1 fully saturated rings. The molecule has 1 saturated heterocycles. The van der Waals surface area contributed by atoms with Gasteiger partial charge in [0.15, 0.2) is 5.69 Å². The van der Waals surface area contributed by atoms with Gasteiger partial charge >= 0.3 is 17.9 Å². The quantitative estimate of drug-likeness (QED) is 0.560. The summed E-state index contributed by atoms with van der Waals surface area (Å²) in [6, 6.07) is 9.05. The van der Waals surface area contributed by atoms with Crippen LogP contribution in [0.1, 0.15) is 56.5 Å². The number of hydrogen-bond acceptors (Lipinski definition) is 9. The molecule has 1 unspecified atom stereocenters. The number of anilines is 1. The summed E-state index contributed by atoms with van der Waals surface area (Å²) in [6.07, 6.45) is 0.977. The van der Waals surface area contributed by atoms with E-state index in [0.29, 0.717) is 18.0 Å². The molecule has 0 saturated carbocycles. The van der Waals surface area contributed by atoms with Crippen LogP contribution in [0, 0.1) is 6.92 Å². The summed E-state index contributed by atoms with van der Waals surface area (Å²) in [5.74, 6) is -1.10.